The van der Waals surface area contributed by atoms with Crippen molar-refractivity contribution in [2.75, 3.05) is 0 Å². The molecule has 1 nitrogen and oxygen atoms in total. The van der Waals surface area contributed by atoms with Crippen LogP contribution in [-0.2, 0) is 5.41 Å². The molecule has 2 aromatic rings. The minimum Gasteiger partial charge on any atom is -0.289 e. The number of benzene rings is 2. The number of ketones is 1. The van der Waals surface area contributed by atoms with Gasteiger partial charge >= 0.3 is 0 Å². The van der Waals surface area contributed by atoms with Crippen molar-refractivity contribution in [1.82, 2.24) is 0 Å². The summed E-state index contributed by atoms with van der Waals surface area (Å²) in [6.45, 7) is 8.59. The van der Waals surface area contributed by atoms with E-state index in [1.54, 1.807) is 0 Å². The highest BCUT2D eigenvalue weighted by molar-refractivity contribution is 6.13. The molecule has 1 aliphatic rings. The van der Waals surface area contributed by atoms with Crippen LogP contribution in [0.25, 0.3) is 0 Å². The van der Waals surface area contributed by atoms with Crippen molar-refractivity contribution < 1.29 is 4.79 Å². The average Bonchev–Trinajstić information content (AvgIpc) is 2.44. The highest BCUT2D eigenvalue weighted by Gasteiger charge is 2.44. The maximum atomic E-state index is 12.6. The largest absolute Gasteiger partial charge is 0.289 e. The van der Waals surface area contributed by atoms with Crippen LogP contribution in [0.1, 0.15) is 46.0 Å². The first-order valence-corrected chi connectivity index (χ1v) is 6.68. The third kappa shape index (κ3) is 1.54. The predicted octanol–water partition coefficient (Wildman–Crippen LogP) is 4.07. The van der Waals surface area contributed by atoms with Gasteiger partial charge in [-0.05, 0) is 19.4 Å². The molecule has 0 saturated carbocycles. The lowest BCUT2D eigenvalue weighted by Crippen LogP contribution is -2.32. The maximum Gasteiger partial charge on any atom is 0.193 e. The molecule has 0 amide bonds. The molecule has 0 N–H and O–H groups in total. The Balaban J connectivity index is 2.37. The summed E-state index contributed by atoms with van der Waals surface area (Å²) in [5.41, 5.74) is 4.54. The van der Waals surface area contributed by atoms with Crippen LogP contribution in [0, 0.1) is 13.8 Å². The highest BCUT2D eigenvalue weighted by Crippen LogP contribution is 2.43. The van der Waals surface area contributed by atoms with Gasteiger partial charge < -0.3 is 0 Å². The fraction of sp³-hybridized carbons (Fsp3) is 0.222. The molecule has 0 fully saturated rings. The molecule has 0 aromatic heterocycles. The highest BCUT2D eigenvalue weighted by atomic mass is 16.1. The zero-order valence-corrected chi connectivity index (χ0v) is 11.4. The third-order valence-corrected chi connectivity index (χ3v) is 4.23. The minimum absolute atomic E-state index is 0.127. The van der Waals surface area contributed by atoms with Crippen molar-refractivity contribution in [3.05, 3.63) is 77.2 Å². The maximum absolute atomic E-state index is 12.6. The van der Waals surface area contributed by atoms with Crippen molar-refractivity contribution in [2.24, 2.45) is 0 Å². The zero-order valence-electron chi connectivity index (χ0n) is 11.4. The quantitative estimate of drug-likeness (QED) is 0.696. The number of hydrogen-bond acceptors (Lipinski definition) is 1. The minimum atomic E-state index is -0.312. The van der Waals surface area contributed by atoms with Gasteiger partial charge in [0.1, 0.15) is 0 Å². The van der Waals surface area contributed by atoms with Gasteiger partial charge in [-0.25, -0.2) is 0 Å². The Hall–Kier alpha value is -2.02. The molecule has 0 bridgehead atoms. The molecule has 3 rings (SSSR count). The standard InChI is InChI=1S/C18H17O/c1-4-18(3)15-8-6-5-7-13(15)17(19)14-11-12(2)9-10-16(14)18/h5-11H,3-4H2,1-2H3/q+1. The average molecular weight is 249 g/mol. The number of carbonyl (C=O) groups is 1. The Morgan fingerprint density at radius 1 is 1.05 bits per heavy atom. The van der Waals surface area contributed by atoms with Gasteiger partial charge in [0.25, 0.3) is 0 Å². The second kappa shape index (κ2) is 3.99. The normalized spacial score (nSPS) is 20.8. The van der Waals surface area contributed by atoms with Crippen LogP contribution >= 0.6 is 0 Å². The zero-order chi connectivity index (χ0) is 13.6. The number of hydrogen-bond donors (Lipinski definition) is 0. The molecule has 19 heavy (non-hydrogen) atoms. The third-order valence-electron chi connectivity index (χ3n) is 4.23. The van der Waals surface area contributed by atoms with Crippen LogP contribution in [0.15, 0.2) is 42.5 Å². The summed E-state index contributed by atoms with van der Waals surface area (Å²) in [6, 6.07) is 14.0. The fourth-order valence-corrected chi connectivity index (χ4v) is 3.03. The number of rotatable bonds is 1. The van der Waals surface area contributed by atoms with E-state index in [1.165, 1.54) is 0 Å². The molecule has 1 atom stereocenters. The molecule has 1 unspecified atom stereocenters. The Labute approximate surface area is 114 Å². The monoisotopic (exact) mass is 249 g/mol. The predicted molar refractivity (Wildman–Crippen MR) is 77.5 cm³/mol. The first-order chi connectivity index (χ1) is 9.08. The lowest BCUT2D eigenvalue weighted by atomic mass is 9.66. The van der Waals surface area contributed by atoms with Crippen molar-refractivity contribution in [3.8, 4) is 0 Å². The Morgan fingerprint density at radius 3 is 2.47 bits per heavy atom. The van der Waals surface area contributed by atoms with E-state index in [1.807, 2.05) is 37.3 Å². The van der Waals surface area contributed by atoms with Gasteiger partial charge in [-0.1, -0.05) is 48.9 Å². The number of aryl methyl sites for hydroxylation is 1. The summed E-state index contributed by atoms with van der Waals surface area (Å²) >= 11 is 0. The van der Waals surface area contributed by atoms with Crippen LogP contribution in [0.3, 0.4) is 0 Å². The summed E-state index contributed by atoms with van der Waals surface area (Å²) in [5.74, 6) is 0.127. The van der Waals surface area contributed by atoms with E-state index in [0.717, 1.165) is 34.2 Å². The molecule has 0 heterocycles. The summed E-state index contributed by atoms with van der Waals surface area (Å²) in [4.78, 5) is 12.6. The molecule has 2 aromatic carbocycles. The molecule has 0 spiro atoms. The van der Waals surface area contributed by atoms with Crippen molar-refractivity contribution in [2.45, 2.75) is 25.7 Å². The van der Waals surface area contributed by atoms with Gasteiger partial charge in [-0.3, -0.25) is 4.79 Å². The summed E-state index contributed by atoms with van der Waals surface area (Å²) in [5, 5.41) is 0. The fourth-order valence-electron chi connectivity index (χ4n) is 3.03. The van der Waals surface area contributed by atoms with Crippen LogP contribution in [0.4, 0.5) is 0 Å². The topological polar surface area (TPSA) is 17.1 Å². The molecular formula is C18H17O+. The van der Waals surface area contributed by atoms with Crippen LogP contribution in [-0.4, -0.2) is 5.78 Å². The smallest absolute Gasteiger partial charge is 0.193 e. The lowest BCUT2D eigenvalue weighted by Gasteiger charge is -2.31. The first kappa shape index (κ1) is 12.0. The molecule has 0 radical (unpaired) electrons. The molecule has 0 saturated heterocycles. The molecule has 94 valence electrons. The van der Waals surface area contributed by atoms with E-state index in [2.05, 4.69) is 26.0 Å². The van der Waals surface area contributed by atoms with E-state index in [-0.39, 0.29) is 11.2 Å². The summed E-state index contributed by atoms with van der Waals surface area (Å²) in [6.07, 6.45) is 0.882. The van der Waals surface area contributed by atoms with Crippen molar-refractivity contribution in [1.29, 1.82) is 0 Å². The number of fused-ring (bicyclic) bond motifs is 2. The van der Waals surface area contributed by atoms with Crippen LogP contribution in [0.2, 0.25) is 0 Å². The lowest BCUT2D eigenvalue weighted by molar-refractivity contribution is 0.103. The summed E-state index contributed by atoms with van der Waals surface area (Å²) < 4.78 is 0. The van der Waals surface area contributed by atoms with E-state index in [9.17, 15) is 4.79 Å². The Morgan fingerprint density at radius 2 is 1.74 bits per heavy atom. The first-order valence-electron chi connectivity index (χ1n) is 6.68. The van der Waals surface area contributed by atoms with E-state index >= 15 is 0 Å². The second-order valence-corrected chi connectivity index (χ2v) is 5.36. The van der Waals surface area contributed by atoms with Crippen molar-refractivity contribution in [3.63, 3.8) is 0 Å². The van der Waals surface area contributed by atoms with E-state index < -0.39 is 0 Å². The van der Waals surface area contributed by atoms with E-state index in [4.69, 9.17) is 0 Å². The van der Waals surface area contributed by atoms with Gasteiger partial charge in [0.2, 0.25) is 0 Å². The SMILES string of the molecule is [CH2+]C1(CC)c2ccccc2C(=O)c2cc(C)ccc21. The molecule has 1 heteroatoms. The Bertz CT molecular complexity index is 669. The molecule has 0 aliphatic heterocycles. The van der Waals surface area contributed by atoms with Crippen LogP contribution in [0.5, 0.6) is 0 Å². The summed E-state index contributed by atoms with van der Waals surface area (Å²) in [7, 11) is 0. The second-order valence-electron chi connectivity index (χ2n) is 5.36. The van der Waals surface area contributed by atoms with Gasteiger partial charge in [-0.15, -0.1) is 0 Å². The Kier molecular flexibility index (Phi) is 2.53. The molecular weight excluding hydrogens is 232 g/mol. The van der Waals surface area contributed by atoms with Crippen LogP contribution < -0.4 is 0 Å². The number of carbonyl (C=O) groups excluding carboxylic acids is 1. The van der Waals surface area contributed by atoms with Crippen molar-refractivity contribution >= 4 is 5.78 Å². The van der Waals surface area contributed by atoms with E-state index in [0.29, 0.717) is 0 Å². The van der Waals surface area contributed by atoms with Gasteiger partial charge in [-0.2, -0.15) is 0 Å². The van der Waals surface area contributed by atoms with Gasteiger partial charge in [0, 0.05) is 22.3 Å². The molecule has 1 aliphatic carbocycles. The van der Waals surface area contributed by atoms with Gasteiger partial charge in [0.05, 0.1) is 6.92 Å². The van der Waals surface area contributed by atoms with Gasteiger partial charge in [0.15, 0.2) is 11.2 Å².